The van der Waals surface area contributed by atoms with E-state index in [2.05, 4.69) is 54.5 Å². The summed E-state index contributed by atoms with van der Waals surface area (Å²) in [5.74, 6) is 4.95. The number of hydrogen-bond acceptors (Lipinski definition) is 0. The van der Waals surface area contributed by atoms with Crippen LogP contribution in [0.1, 0.15) is 61.3 Å². The van der Waals surface area contributed by atoms with Gasteiger partial charge in [0.25, 0.3) is 0 Å². The van der Waals surface area contributed by atoms with Crippen LogP contribution in [-0.2, 0) is 0 Å². The van der Waals surface area contributed by atoms with Gasteiger partial charge in [-0.3, -0.25) is 0 Å². The van der Waals surface area contributed by atoms with Crippen molar-refractivity contribution in [2.45, 2.75) is 61.3 Å². The molecule has 4 unspecified atom stereocenters. The highest BCUT2D eigenvalue weighted by molar-refractivity contribution is 5.16. The van der Waals surface area contributed by atoms with Crippen LogP contribution in [0.15, 0.2) is 11.6 Å². The molecule has 0 fully saturated rings. The number of hydrogen-bond donors (Lipinski definition) is 0. The van der Waals surface area contributed by atoms with Crippen LogP contribution in [0.4, 0.5) is 0 Å². The smallest absolute Gasteiger partial charge is 0.0171 e. The van der Waals surface area contributed by atoms with Crippen LogP contribution in [0.2, 0.25) is 0 Å². The second-order valence-electron chi connectivity index (χ2n) is 6.81. The van der Waals surface area contributed by atoms with E-state index in [0.29, 0.717) is 0 Å². The van der Waals surface area contributed by atoms with Gasteiger partial charge in [-0.1, -0.05) is 66.5 Å². The molecule has 0 heteroatoms. The summed E-state index contributed by atoms with van der Waals surface area (Å²) in [6, 6.07) is 0. The van der Waals surface area contributed by atoms with Crippen LogP contribution >= 0.6 is 0 Å². The van der Waals surface area contributed by atoms with Gasteiger partial charge in [0.05, 0.1) is 0 Å². The predicted octanol–water partition coefficient (Wildman–Crippen LogP) is 5.54. The zero-order chi connectivity index (χ0) is 13.2. The van der Waals surface area contributed by atoms with Crippen molar-refractivity contribution in [3.8, 4) is 0 Å². The van der Waals surface area contributed by atoms with Gasteiger partial charge in [-0.2, -0.15) is 0 Å². The summed E-state index contributed by atoms with van der Waals surface area (Å²) in [5, 5.41) is 0. The summed E-state index contributed by atoms with van der Waals surface area (Å²) in [7, 11) is 0. The fourth-order valence-corrected chi connectivity index (χ4v) is 3.27. The maximum Gasteiger partial charge on any atom is -0.0171 e. The molecule has 0 saturated heterocycles. The van der Waals surface area contributed by atoms with Crippen molar-refractivity contribution in [1.82, 2.24) is 0 Å². The van der Waals surface area contributed by atoms with E-state index in [1.165, 1.54) is 12.8 Å². The van der Waals surface area contributed by atoms with E-state index in [1.54, 1.807) is 5.57 Å². The summed E-state index contributed by atoms with van der Waals surface area (Å²) in [4.78, 5) is 0. The third-order valence-electron chi connectivity index (χ3n) is 5.20. The minimum absolute atomic E-state index is 0.746. The molecule has 0 radical (unpaired) electrons. The first-order chi connectivity index (χ1) is 7.88. The molecule has 0 aromatic carbocycles. The molecule has 0 heterocycles. The van der Waals surface area contributed by atoms with Crippen molar-refractivity contribution in [3.05, 3.63) is 11.6 Å². The fraction of sp³-hybridized carbons (Fsp3) is 0.882. The number of rotatable bonds is 5. The Kier molecular flexibility index (Phi) is 5.28. The van der Waals surface area contributed by atoms with Gasteiger partial charge >= 0.3 is 0 Å². The standard InChI is InChI=1S/C17H32/c1-8-15-9-16(12(4)5)10-17(15)14(7)13(6)11(2)3/h10-15,17H,8-9H2,1-7H3. The monoisotopic (exact) mass is 236 g/mol. The molecule has 0 aliphatic heterocycles. The van der Waals surface area contributed by atoms with Crippen LogP contribution in [0.25, 0.3) is 0 Å². The average molecular weight is 236 g/mol. The second-order valence-corrected chi connectivity index (χ2v) is 6.81. The SMILES string of the molecule is CCC1CC(C(C)C)=CC1C(C)C(C)C(C)C. The molecule has 0 N–H and O–H groups in total. The molecule has 0 spiro atoms. The Bertz CT molecular complexity index is 259. The van der Waals surface area contributed by atoms with E-state index in [4.69, 9.17) is 0 Å². The lowest BCUT2D eigenvalue weighted by atomic mass is 9.74. The zero-order valence-electron chi connectivity index (χ0n) is 13.0. The summed E-state index contributed by atoms with van der Waals surface area (Å²) >= 11 is 0. The summed E-state index contributed by atoms with van der Waals surface area (Å²) < 4.78 is 0. The highest BCUT2D eigenvalue weighted by Gasteiger charge is 2.33. The second kappa shape index (κ2) is 6.07. The van der Waals surface area contributed by atoms with Gasteiger partial charge in [-0.15, -0.1) is 0 Å². The molecule has 4 atom stereocenters. The molecule has 0 nitrogen and oxygen atoms in total. The van der Waals surface area contributed by atoms with Crippen molar-refractivity contribution in [1.29, 1.82) is 0 Å². The van der Waals surface area contributed by atoms with Crippen molar-refractivity contribution in [2.75, 3.05) is 0 Å². The fourth-order valence-electron chi connectivity index (χ4n) is 3.27. The van der Waals surface area contributed by atoms with Gasteiger partial charge in [0, 0.05) is 0 Å². The van der Waals surface area contributed by atoms with Gasteiger partial charge in [-0.05, 0) is 41.9 Å². The van der Waals surface area contributed by atoms with E-state index in [1.807, 2.05) is 0 Å². The van der Waals surface area contributed by atoms with E-state index in [9.17, 15) is 0 Å². The van der Waals surface area contributed by atoms with Crippen molar-refractivity contribution >= 4 is 0 Å². The minimum atomic E-state index is 0.746. The maximum atomic E-state index is 2.63. The quantitative estimate of drug-likeness (QED) is 0.549. The average Bonchev–Trinajstić information content (AvgIpc) is 2.70. The topological polar surface area (TPSA) is 0 Å². The van der Waals surface area contributed by atoms with Crippen LogP contribution < -0.4 is 0 Å². The van der Waals surface area contributed by atoms with Crippen LogP contribution in [0.3, 0.4) is 0 Å². The summed E-state index contributed by atoms with van der Waals surface area (Å²) in [6.07, 6.45) is 5.32. The minimum Gasteiger partial charge on any atom is -0.0814 e. The summed E-state index contributed by atoms with van der Waals surface area (Å²) in [5.41, 5.74) is 1.71. The van der Waals surface area contributed by atoms with Gasteiger partial charge in [0.2, 0.25) is 0 Å². The largest absolute Gasteiger partial charge is 0.0814 e. The van der Waals surface area contributed by atoms with Gasteiger partial charge in [-0.25, -0.2) is 0 Å². The molecule has 1 rings (SSSR count). The lowest BCUT2D eigenvalue weighted by molar-refractivity contribution is 0.196. The van der Waals surface area contributed by atoms with Gasteiger partial charge in [0.1, 0.15) is 0 Å². The predicted molar refractivity (Wildman–Crippen MR) is 78.0 cm³/mol. The zero-order valence-corrected chi connectivity index (χ0v) is 13.0. The molecule has 0 aromatic heterocycles. The van der Waals surface area contributed by atoms with E-state index in [0.717, 1.165) is 35.5 Å². The molecular weight excluding hydrogens is 204 g/mol. The van der Waals surface area contributed by atoms with E-state index in [-0.39, 0.29) is 0 Å². The molecule has 1 aliphatic rings. The first kappa shape index (κ1) is 14.8. The highest BCUT2D eigenvalue weighted by Crippen LogP contribution is 2.43. The van der Waals surface area contributed by atoms with Crippen LogP contribution in [0, 0.1) is 35.5 Å². The molecule has 0 saturated carbocycles. The normalized spacial score (nSPS) is 28.6. The third kappa shape index (κ3) is 3.36. The first-order valence-corrected chi connectivity index (χ1v) is 7.59. The maximum absolute atomic E-state index is 2.63. The summed E-state index contributed by atoms with van der Waals surface area (Å²) in [6.45, 7) is 16.7. The molecule has 100 valence electrons. The van der Waals surface area contributed by atoms with Crippen LogP contribution in [0.5, 0.6) is 0 Å². The molecular formula is C17H32. The Morgan fingerprint density at radius 2 is 1.71 bits per heavy atom. The molecule has 17 heavy (non-hydrogen) atoms. The highest BCUT2D eigenvalue weighted by atomic mass is 14.4. The van der Waals surface area contributed by atoms with Crippen molar-refractivity contribution < 1.29 is 0 Å². The van der Waals surface area contributed by atoms with E-state index >= 15 is 0 Å². The molecule has 0 amide bonds. The molecule has 1 aliphatic carbocycles. The van der Waals surface area contributed by atoms with E-state index < -0.39 is 0 Å². The molecule has 0 aromatic rings. The van der Waals surface area contributed by atoms with Crippen LogP contribution in [-0.4, -0.2) is 0 Å². The lowest BCUT2D eigenvalue weighted by Gasteiger charge is -2.31. The number of allylic oxidation sites excluding steroid dienone is 2. The third-order valence-corrected chi connectivity index (χ3v) is 5.20. The lowest BCUT2D eigenvalue weighted by Crippen LogP contribution is -2.24. The molecule has 0 bridgehead atoms. The van der Waals surface area contributed by atoms with Gasteiger partial charge in [0.15, 0.2) is 0 Å². The van der Waals surface area contributed by atoms with Gasteiger partial charge < -0.3 is 0 Å². The Balaban J connectivity index is 2.79. The first-order valence-electron chi connectivity index (χ1n) is 7.59. The van der Waals surface area contributed by atoms with Crippen molar-refractivity contribution in [3.63, 3.8) is 0 Å². The Hall–Kier alpha value is -0.260. The van der Waals surface area contributed by atoms with Crippen molar-refractivity contribution in [2.24, 2.45) is 35.5 Å². The Labute approximate surface area is 109 Å². The Morgan fingerprint density at radius 1 is 1.12 bits per heavy atom. The Morgan fingerprint density at radius 3 is 2.12 bits per heavy atom.